The zero-order chi connectivity index (χ0) is 16.4. The average Bonchev–Trinajstić information content (AvgIpc) is 2.89. The Kier molecular flexibility index (Phi) is 3.98. The number of para-hydroxylation sites is 1. The molecule has 0 fully saturated rings. The van der Waals surface area contributed by atoms with Crippen molar-refractivity contribution in [1.29, 1.82) is 0 Å². The summed E-state index contributed by atoms with van der Waals surface area (Å²) >= 11 is 0. The van der Waals surface area contributed by atoms with Crippen LogP contribution in [0.1, 0.15) is 26.3 Å². The van der Waals surface area contributed by atoms with Crippen molar-refractivity contribution in [3.8, 4) is 5.75 Å². The summed E-state index contributed by atoms with van der Waals surface area (Å²) in [6, 6.07) is 9.47. The summed E-state index contributed by atoms with van der Waals surface area (Å²) in [5, 5.41) is 7.16. The molecule has 2 amide bonds. The second-order valence-electron chi connectivity index (χ2n) is 6.31. The molecule has 0 saturated carbocycles. The van der Waals surface area contributed by atoms with Gasteiger partial charge in [0.15, 0.2) is 5.82 Å². The maximum Gasteiger partial charge on any atom is 0.323 e. The Balaban J connectivity index is 1.79. The topological polar surface area (TPSA) is 59.4 Å². The van der Waals surface area contributed by atoms with Crippen molar-refractivity contribution in [3.63, 3.8) is 0 Å². The number of hydrogen-bond acceptors (Lipinski definition) is 3. The first-order chi connectivity index (χ1) is 11.0. The fourth-order valence-corrected chi connectivity index (χ4v) is 2.72. The summed E-state index contributed by atoms with van der Waals surface area (Å²) < 4.78 is 7.83. The molecule has 23 heavy (non-hydrogen) atoms. The van der Waals surface area contributed by atoms with E-state index in [0.717, 1.165) is 17.9 Å². The lowest BCUT2D eigenvalue weighted by molar-refractivity contribution is 0.0834. The molecule has 0 spiro atoms. The molecule has 6 heteroatoms. The van der Waals surface area contributed by atoms with Gasteiger partial charge in [0.1, 0.15) is 11.4 Å². The Labute approximate surface area is 136 Å². The highest BCUT2D eigenvalue weighted by atomic mass is 16.5. The van der Waals surface area contributed by atoms with Gasteiger partial charge in [-0.25, -0.2) is 4.79 Å². The van der Waals surface area contributed by atoms with Crippen molar-refractivity contribution in [2.24, 2.45) is 0 Å². The number of amides is 2. The largest absolute Gasteiger partial charge is 0.486 e. The fourth-order valence-electron chi connectivity index (χ4n) is 2.72. The summed E-state index contributed by atoms with van der Waals surface area (Å²) in [6.07, 6.45) is 1.85. The number of urea groups is 1. The maximum absolute atomic E-state index is 12.6. The third-order valence-corrected chi connectivity index (χ3v) is 3.78. The molecule has 6 nitrogen and oxygen atoms in total. The van der Waals surface area contributed by atoms with Gasteiger partial charge in [-0.1, -0.05) is 18.2 Å². The van der Waals surface area contributed by atoms with Crippen LogP contribution in [0.2, 0.25) is 0 Å². The Hall–Kier alpha value is -2.50. The average molecular weight is 314 g/mol. The zero-order valence-electron chi connectivity index (χ0n) is 13.7. The van der Waals surface area contributed by atoms with Gasteiger partial charge < -0.3 is 9.64 Å². The lowest BCUT2D eigenvalue weighted by Gasteiger charge is -2.29. The minimum atomic E-state index is -0.452. The monoisotopic (exact) mass is 314 g/mol. The summed E-state index contributed by atoms with van der Waals surface area (Å²) in [7, 11) is 0. The maximum atomic E-state index is 12.6. The highest BCUT2D eigenvalue weighted by Gasteiger charge is 2.31. The number of benzene rings is 1. The molecule has 2 aromatic rings. The van der Waals surface area contributed by atoms with Gasteiger partial charge in [-0.2, -0.15) is 5.10 Å². The summed E-state index contributed by atoms with van der Waals surface area (Å²) in [5.74, 6) is 1.40. The molecule has 1 aliphatic rings. The van der Waals surface area contributed by atoms with E-state index < -0.39 is 5.60 Å². The van der Waals surface area contributed by atoms with Crippen molar-refractivity contribution in [2.75, 3.05) is 11.9 Å². The predicted octanol–water partition coefficient (Wildman–Crippen LogP) is 3.11. The van der Waals surface area contributed by atoms with E-state index >= 15 is 0 Å². The summed E-state index contributed by atoms with van der Waals surface area (Å²) in [5.41, 5.74) is 0.555. The first-order valence-electron chi connectivity index (χ1n) is 7.83. The van der Waals surface area contributed by atoms with Gasteiger partial charge in [-0.15, -0.1) is 0 Å². The SMILES string of the molecule is CCn1ccc(NC(=O)N2Cc3ccccc3OC(C)(C)C2)n1. The van der Waals surface area contributed by atoms with Gasteiger partial charge >= 0.3 is 6.03 Å². The second-order valence-corrected chi connectivity index (χ2v) is 6.31. The van der Waals surface area contributed by atoms with Crippen LogP contribution in [0.3, 0.4) is 0 Å². The minimum Gasteiger partial charge on any atom is -0.486 e. The molecule has 1 aliphatic heterocycles. The normalized spacial score (nSPS) is 16.2. The molecule has 0 unspecified atom stereocenters. The van der Waals surface area contributed by atoms with Crippen LogP contribution in [0.4, 0.5) is 10.6 Å². The van der Waals surface area contributed by atoms with Gasteiger partial charge in [0, 0.05) is 24.4 Å². The van der Waals surface area contributed by atoms with Gasteiger partial charge in [0.25, 0.3) is 0 Å². The number of carbonyl (C=O) groups is 1. The lowest BCUT2D eigenvalue weighted by Crippen LogP contribution is -2.44. The molecule has 3 rings (SSSR count). The van der Waals surface area contributed by atoms with Crippen molar-refractivity contribution < 1.29 is 9.53 Å². The third-order valence-electron chi connectivity index (χ3n) is 3.78. The summed E-state index contributed by atoms with van der Waals surface area (Å²) in [4.78, 5) is 14.4. The zero-order valence-corrected chi connectivity index (χ0v) is 13.7. The van der Waals surface area contributed by atoms with Gasteiger partial charge in [0.2, 0.25) is 0 Å². The van der Waals surface area contributed by atoms with E-state index in [2.05, 4.69) is 10.4 Å². The first-order valence-corrected chi connectivity index (χ1v) is 7.83. The van der Waals surface area contributed by atoms with Crippen LogP contribution in [-0.4, -0.2) is 32.9 Å². The van der Waals surface area contributed by atoms with Crippen molar-refractivity contribution in [1.82, 2.24) is 14.7 Å². The third kappa shape index (κ3) is 3.47. The van der Waals surface area contributed by atoms with Crippen molar-refractivity contribution >= 4 is 11.8 Å². The van der Waals surface area contributed by atoms with Gasteiger partial charge in [-0.05, 0) is 26.8 Å². The van der Waals surface area contributed by atoms with Crippen LogP contribution in [0.15, 0.2) is 36.5 Å². The number of nitrogens with one attached hydrogen (secondary N) is 1. The molecule has 122 valence electrons. The first kappa shape index (κ1) is 15.4. The second kappa shape index (κ2) is 5.95. The number of fused-ring (bicyclic) bond motifs is 1. The number of nitrogens with zero attached hydrogens (tertiary/aromatic N) is 3. The Morgan fingerprint density at radius 2 is 2.13 bits per heavy atom. The number of carbonyl (C=O) groups excluding carboxylic acids is 1. The number of aryl methyl sites for hydroxylation is 1. The standard InChI is InChI=1S/C17H22N4O2/c1-4-21-10-9-15(19-21)18-16(22)20-11-13-7-5-6-8-14(13)23-17(2,3)12-20/h5-10H,4,11-12H2,1-3H3,(H,18,19,22). The van der Waals surface area contributed by atoms with E-state index in [9.17, 15) is 4.79 Å². The molecular formula is C17H22N4O2. The van der Waals surface area contributed by atoms with Crippen molar-refractivity contribution in [3.05, 3.63) is 42.1 Å². The van der Waals surface area contributed by atoms with Gasteiger partial charge in [0.05, 0.1) is 13.1 Å². The number of ether oxygens (including phenoxy) is 1. The number of anilines is 1. The fraction of sp³-hybridized carbons (Fsp3) is 0.412. The lowest BCUT2D eigenvalue weighted by atomic mass is 10.1. The van der Waals surface area contributed by atoms with Crippen LogP contribution in [-0.2, 0) is 13.1 Å². The number of hydrogen-bond donors (Lipinski definition) is 1. The van der Waals surface area contributed by atoms with E-state index in [1.165, 1.54) is 0 Å². The van der Waals surface area contributed by atoms with Crippen LogP contribution >= 0.6 is 0 Å². The predicted molar refractivity (Wildman–Crippen MR) is 88.5 cm³/mol. The highest BCUT2D eigenvalue weighted by molar-refractivity contribution is 5.88. The Morgan fingerprint density at radius 3 is 2.87 bits per heavy atom. The van der Waals surface area contributed by atoms with Crippen LogP contribution < -0.4 is 10.1 Å². The van der Waals surface area contributed by atoms with Crippen LogP contribution in [0.25, 0.3) is 0 Å². The van der Waals surface area contributed by atoms with Crippen molar-refractivity contribution in [2.45, 2.75) is 39.5 Å². The molecule has 2 heterocycles. The minimum absolute atomic E-state index is 0.167. The highest BCUT2D eigenvalue weighted by Crippen LogP contribution is 2.29. The summed E-state index contributed by atoms with van der Waals surface area (Å²) in [6.45, 7) is 7.77. The number of rotatable bonds is 2. The number of aromatic nitrogens is 2. The quantitative estimate of drug-likeness (QED) is 0.926. The van der Waals surface area contributed by atoms with Crippen LogP contribution in [0, 0.1) is 0 Å². The van der Waals surface area contributed by atoms with E-state index in [1.54, 1.807) is 15.6 Å². The van der Waals surface area contributed by atoms with Crippen LogP contribution in [0.5, 0.6) is 5.75 Å². The Bertz CT molecular complexity index is 708. The molecular weight excluding hydrogens is 292 g/mol. The molecule has 0 atom stereocenters. The van der Waals surface area contributed by atoms with E-state index in [-0.39, 0.29) is 6.03 Å². The molecule has 1 aromatic carbocycles. The van der Waals surface area contributed by atoms with E-state index in [1.807, 2.05) is 51.2 Å². The van der Waals surface area contributed by atoms with Gasteiger partial charge in [-0.3, -0.25) is 10.00 Å². The molecule has 0 aliphatic carbocycles. The molecule has 1 N–H and O–H groups in total. The molecule has 0 bridgehead atoms. The Morgan fingerprint density at radius 1 is 1.35 bits per heavy atom. The smallest absolute Gasteiger partial charge is 0.323 e. The van der Waals surface area contributed by atoms with E-state index in [4.69, 9.17) is 4.74 Å². The van der Waals surface area contributed by atoms with E-state index in [0.29, 0.717) is 18.9 Å². The molecule has 0 radical (unpaired) electrons. The molecule has 0 saturated heterocycles. The molecule has 1 aromatic heterocycles.